The van der Waals surface area contributed by atoms with E-state index in [1.807, 2.05) is 6.92 Å². The third-order valence-electron chi connectivity index (χ3n) is 3.55. The van der Waals surface area contributed by atoms with Gasteiger partial charge >= 0.3 is 0 Å². The van der Waals surface area contributed by atoms with Crippen molar-refractivity contribution in [3.05, 3.63) is 64.7 Å². The van der Waals surface area contributed by atoms with Gasteiger partial charge in [-0.3, -0.25) is 4.79 Å². The van der Waals surface area contributed by atoms with Crippen LogP contribution in [0.25, 0.3) is 0 Å². The third-order valence-corrected chi connectivity index (χ3v) is 3.79. The Kier molecular flexibility index (Phi) is 5.69. The lowest BCUT2D eigenvalue weighted by atomic mass is 10.1. The minimum Gasteiger partial charge on any atom is -0.330 e. The highest BCUT2D eigenvalue weighted by Crippen LogP contribution is 2.15. The van der Waals surface area contributed by atoms with Crippen molar-refractivity contribution >= 4 is 23.2 Å². The molecule has 23 heavy (non-hydrogen) atoms. The molecule has 2 atom stereocenters. The molecule has 2 aromatic carbocycles. The number of carbonyl (C=O) groups is 1. The van der Waals surface area contributed by atoms with E-state index in [4.69, 9.17) is 11.6 Å². The topological polar surface area (TPSA) is 45.7 Å². The van der Waals surface area contributed by atoms with Gasteiger partial charge in [0, 0.05) is 16.3 Å². The summed E-state index contributed by atoms with van der Waals surface area (Å²) in [6, 6.07) is 10.0. The summed E-state index contributed by atoms with van der Waals surface area (Å²) in [5.41, 5.74) is 1.23. The first-order valence-corrected chi connectivity index (χ1v) is 7.61. The van der Waals surface area contributed by atoms with Crippen molar-refractivity contribution in [2.45, 2.75) is 25.9 Å². The summed E-state index contributed by atoms with van der Waals surface area (Å²) >= 11 is 5.87. The van der Waals surface area contributed by atoms with Gasteiger partial charge in [0.1, 0.15) is 6.04 Å². The Morgan fingerprint density at radius 3 is 2.52 bits per heavy atom. The Hall–Kier alpha value is -1.98. The molecule has 2 rings (SSSR count). The van der Waals surface area contributed by atoms with Crippen LogP contribution in [0, 0.1) is 11.6 Å². The maximum atomic E-state index is 13.3. The molecule has 0 heterocycles. The number of nitrogens with two attached hydrogens (primary N) is 1. The number of benzene rings is 2. The summed E-state index contributed by atoms with van der Waals surface area (Å²) < 4.78 is 26.2. The summed E-state index contributed by atoms with van der Waals surface area (Å²) in [5, 5.41) is 5.09. The molecule has 0 bridgehead atoms. The molecule has 6 heteroatoms. The number of quaternary nitrogens is 1. The zero-order valence-electron chi connectivity index (χ0n) is 12.8. The second-order valence-corrected chi connectivity index (χ2v) is 5.88. The Bertz CT molecular complexity index is 709. The minimum absolute atomic E-state index is 0.190. The highest BCUT2D eigenvalue weighted by Gasteiger charge is 2.21. The van der Waals surface area contributed by atoms with E-state index in [0.29, 0.717) is 16.3 Å². The summed E-state index contributed by atoms with van der Waals surface area (Å²) in [4.78, 5) is 12.2. The first-order chi connectivity index (χ1) is 10.9. The van der Waals surface area contributed by atoms with E-state index in [9.17, 15) is 13.6 Å². The number of amides is 1. The smallest absolute Gasteiger partial charge is 0.282 e. The molecule has 122 valence electrons. The van der Waals surface area contributed by atoms with Crippen molar-refractivity contribution in [3.8, 4) is 0 Å². The lowest BCUT2D eigenvalue weighted by Gasteiger charge is -2.17. The number of hydrogen-bond donors (Lipinski definition) is 2. The molecule has 3 N–H and O–H groups in total. The quantitative estimate of drug-likeness (QED) is 0.863. The number of hydrogen-bond acceptors (Lipinski definition) is 1. The molecule has 0 saturated heterocycles. The summed E-state index contributed by atoms with van der Waals surface area (Å²) in [6.45, 7) is 3.58. The van der Waals surface area contributed by atoms with E-state index in [0.717, 1.165) is 12.1 Å². The molecule has 0 spiro atoms. The Labute approximate surface area is 138 Å². The minimum atomic E-state index is -0.890. The highest BCUT2D eigenvalue weighted by atomic mass is 35.5. The lowest BCUT2D eigenvalue weighted by molar-refractivity contribution is -0.709. The molecule has 0 saturated carbocycles. The Balaban J connectivity index is 1.98. The molecule has 1 amide bonds. The van der Waals surface area contributed by atoms with Crippen LogP contribution in [-0.2, 0) is 4.79 Å². The maximum Gasteiger partial charge on any atom is 0.282 e. The molecule has 2 aromatic rings. The lowest BCUT2D eigenvalue weighted by Crippen LogP contribution is -2.91. The fraction of sp³-hybridized carbons (Fsp3) is 0.235. The largest absolute Gasteiger partial charge is 0.330 e. The summed E-state index contributed by atoms with van der Waals surface area (Å²) in [7, 11) is 0. The van der Waals surface area contributed by atoms with Gasteiger partial charge in [-0.15, -0.1) is 0 Å². The van der Waals surface area contributed by atoms with Gasteiger partial charge in [0.25, 0.3) is 5.91 Å². The van der Waals surface area contributed by atoms with Crippen LogP contribution in [0.3, 0.4) is 0 Å². The zero-order chi connectivity index (χ0) is 17.0. The van der Waals surface area contributed by atoms with Gasteiger partial charge in [0.2, 0.25) is 0 Å². The normalized spacial score (nSPS) is 13.4. The van der Waals surface area contributed by atoms with Gasteiger partial charge in [-0.05, 0) is 50.2 Å². The number of nitrogens with one attached hydrogen (secondary N) is 1. The first-order valence-electron chi connectivity index (χ1n) is 7.23. The van der Waals surface area contributed by atoms with Crippen LogP contribution in [-0.4, -0.2) is 11.9 Å². The fourth-order valence-corrected chi connectivity index (χ4v) is 2.44. The van der Waals surface area contributed by atoms with Gasteiger partial charge in [0.05, 0.1) is 0 Å². The molecule has 0 aliphatic rings. The van der Waals surface area contributed by atoms with Crippen molar-refractivity contribution < 1.29 is 18.9 Å². The average Bonchev–Trinajstić information content (AvgIpc) is 2.49. The van der Waals surface area contributed by atoms with Gasteiger partial charge in [0.15, 0.2) is 17.7 Å². The summed E-state index contributed by atoms with van der Waals surface area (Å²) in [5.74, 6) is -1.96. The van der Waals surface area contributed by atoms with E-state index < -0.39 is 17.7 Å². The van der Waals surface area contributed by atoms with Crippen LogP contribution in [0.5, 0.6) is 0 Å². The van der Waals surface area contributed by atoms with E-state index in [-0.39, 0.29) is 11.9 Å². The molecule has 0 aliphatic heterocycles. The van der Waals surface area contributed by atoms with Crippen LogP contribution in [0.1, 0.15) is 25.5 Å². The molecule has 0 aliphatic carbocycles. The van der Waals surface area contributed by atoms with Crippen LogP contribution >= 0.6 is 11.6 Å². The number of rotatable bonds is 5. The Morgan fingerprint density at radius 2 is 1.87 bits per heavy atom. The monoisotopic (exact) mass is 339 g/mol. The van der Waals surface area contributed by atoms with Crippen LogP contribution in [0.15, 0.2) is 42.5 Å². The molecule has 0 aromatic heterocycles. The van der Waals surface area contributed by atoms with Crippen molar-refractivity contribution in [1.82, 2.24) is 0 Å². The highest BCUT2D eigenvalue weighted by molar-refractivity contribution is 6.30. The van der Waals surface area contributed by atoms with Crippen molar-refractivity contribution in [2.24, 2.45) is 0 Å². The van der Waals surface area contributed by atoms with Crippen molar-refractivity contribution in [2.75, 3.05) is 5.32 Å². The second kappa shape index (κ2) is 7.53. The fourth-order valence-electron chi connectivity index (χ4n) is 2.25. The van der Waals surface area contributed by atoms with E-state index in [1.165, 1.54) is 6.07 Å². The van der Waals surface area contributed by atoms with E-state index in [1.54, 1.807) is 36.5 Å². The second-order valence-electron chi connectivity index (χ2n) is 5.44. The SMILES string of the molecule is C[C@H]([NH2+][C@@H](C)c1ccc(F)c(F)c1)C(=O)Nc1cccc(Cl)c1. The van der Waals surface area contributed by atoms with Crippen molar-refractivity contribution in [3.63, 3.8) is 0 Å². The van der Waals surface area contributed by atoms with Crippen molar-refractivity contribution in [1.29, 1.82) is 0 Å². The van der Waals surface area contributed by atoms with Gasteiger partial charge in [-0.1, -0.05) is 17.7 Å². The molecule has 3 nitrogen and oxygen atoms in total. The summed E-state index contributed by atoms with van der Waals surface area (Å²) in [6.07, 6.45) is 0. The molecule has 0 unspecified atom stereocenters. The molecular formula is C17H18ClF2N2O+. The predicted molar refractivity (Wildman–Crippen MR) is 86.2 cm³/mol. The molecule has 0 radical (unpaired) electrons. The predicted octanol–water partition coefficient (Wildman–Crippen LogP) is 3.27. The van der Waals surface area contributed by atoms with Crippen LogP contribution < -0.4 is 10.6 Å². The maximum absolute atomic E-state index is 13.3. The van der Waals surface area contributed by atoms with Gasteiger partial charge < -0.3 is 10.6 Å². The van der Waals surface area contributed by atoms with Gasteiger partial charge in [-0.2, -0.15) is 0 Å². The standard InChI is InChI=1S/C17H17ClF2N2O/c1-10(12-6-7-15(19)16(20)8-12)21-11(2)17(23)22-14-5-3-4-13(18)9-14/h3-11,21H,1-2H3,(H,22,23)/p+1/t10-,11-/m0/s1. The molecular weight excluding hydrogens is 322 g/mol. The number of carbonyl (C=O) groups excluding carboxylic acids is 1. The third kappa shape index (κ3) is 4.74. The van der Waals surface area contributed by atoms with E-state index in [2.05, 4.69) is 5.32 Å². The molecule has 0 fully saturated rings. The zero-order valence-corrected chi connectivity index (χ0v) is 13.6. The van der Waals surface area contributed by atoms with Gasteiger partial charge in [-0.25, -0.2) is 8.78 Å². The Morgan fingerprint density at radius 1 is 1.13 bits per heavy atom. The number of halogens is 3. The van der Waals surface area contributed by atoms with Crippen LogP contribution in [0.2, 0.25) is 5.02 Å². The van der Waals surface area contributed by atoms with E-state index >= 15 is 0 Å². The number of anilines is 1. The first kappa shape index (κ1) is 17.4. The van der Waals surface area contributed by atoms with Crippen LogP contribution in [0.4, 0.5) is 14.5 Å². The average molecular weight is 340 g/mol.